The van der Waals surface area contributed by atoms with Gasteiger partial charge >= 0.3 is 0 Å². The van der Waals surface area contributed by atoms with Gasteiger partial charge in [0, 0.05) is 19.5 Å². The molecule has 0 aliphatic carbocycles. The van der Waals surface area contributed by atoms with Crippen molar-refractivity contribution < 1.29 is 9.59 Å². The van der Waals surface area contributed by atoms with Crippen molar-refractivity contribution in [2.45, 2.75) is 32.0 Å². The first-order valence-electron chi connectivity index (χ1n) is 5.17. The van der Waals surface area contributed by atoms with Crippen molar-refractivity contribution in [2.24, 2.45) is 5.92 Å². The molecule has 0 saturated heterocycles. The average Bonchev–Trinajstić information content (AvgIpc) is 2.16. The zero-order chi connectivity index (χ0) is 11.8. The Labute approximate surface area is 99.3 Å². The molecule has 0 aromatic heterocycles. The number of carbonyl (C=O) groups is 2. The Morgan fingerprint density at radius 1 is 1.27 bits per heavy atom. The van der Waals surface area contributed by atoms with Gasteiger partial charge in [0.25, 0.3) is 0 Å². The third-order valence-corrected chi connectivity index (χ3v) is 3.33. The van der Waals surface area contributed by atoms with Gasteiger partial charge in [0.1, 0.15) is 0 Å². The minimum atomic E-state index is -0.188. The van der Waals surface area contributed by atoms with Crippen molar-refractivity contribution in [3.63, 3.8) is 0 Å². The Bertz CT molecular complexity index is 219. The van der Waals surface area contributed by atoms with Gasteiger partial charge in [0.05, 0.1) is 4.83 Å². The van der Waals surface area contributed by atoms with Crippen LogP contribution in [-0.2, 0) is 9.59 Å². The molecule has 2 N–H and O–H groups in total. The molecular weight excluding hydrogens is 260 g/mol. The van der Waals surface area contributed by atoms with Crippen LogP contribution in [0.1, 0.15) is 27.2 Å². The van der Waals surface area contributed by atoms with E-state index in [4.69, 9.17) is 0 Å². The van der Waals surface area contributed by atoms with Crippen LogP contribution in [0, 0.1) is 5.92 Å². The lowest BCUT2D eigenvalue weighted by Crippen LogP contribution is -2.36. The highest BCUT2D eigenvalue weighted by Crippen LogP contribution is 2.11. The third kappa shape index (κ3) is 6.49. The SMILES string of the molecule is CCNC(=O)CCNC(=O)C(Br)C(C)C. The predicted octanol–water partition coefficient (Wildman–Crippen LogP) is 1.05. The molecule has 0 fully saturated rings. The number of carbonyl (C=O) groups excluding carboxylic acids is 2. The Hall–Kier alpha value is -0.580. The smallest absolute Gasteiger partial charge is 0.234 e. The lowest BCUT2D eigenvalue weighted by Gasteiger charge is -2.13. The fourth-order valence-corrected chi connectivity index (χ4v) is 1.15. The summed E-state index contributed by atoms with van der Waals surface area (Å²) < 4.78 is 0. The molecule has 2 amide bonds. The van der Waals surface area contributed by atoms with E-state index < -0.39 is 0 Å². The predicted molar refractivity (Wildman–Crippen MR) is 63.9 cm³/mol. The van der Waals surface area contributed by atoms with Crippen LogP contribution < -0.4 is 10.6 Å². The molecule has 0 aromatic carbocycles. The molecule has 0 aliphatic rings. The number of alkyl halides is 1. The first-order chi connectivity index (χ1) is 6.99. The molecule has 0 bridgehead atoms. The summed E-state index contributed by atoms with van der Waals surface area (Å²) in [6.07, 6.45) is 0.331. The molecular formula is C10H19BrN2O2. The maximum absolute atomic E-state index is 11.4. The molecule has 0 rings (SSSR count). The molecule has 4 nitrogen and oxygen atoms in total. The lowest BCUT2D eigenvalue weighted by atomic mass is 10.1. The summed E-state index contributed by atoms with van der Waals surface area (Å²) in [6, 6.07) is 0. The van der Waals surface area contributed by atoms with Crippen LogP contribution in [0.4, 0.5) is 0 Å². The summed E-state index contributed by atoms with van der Waals surface area (Å²) in [5.74, 6) is 0.150. The molecule has 0 aromatic rings. The third-order valence-electron chi connectivity index (χ3n) is 1.86. The van der Waals surface area contributed by atoms with E-state index in [2.05, 4.69) is 26.6 Å². The molecule has 0 heterocycles. The number of hydrogen-bond donors (Lipinski definition) is 2. The summed E-state index contributed by atoms with van der Waals surface area (Å²) in [5.41, 5.74) is 0. The summed E-state index contributed by atoms with van der Waals surface area (Å²) in [7, 11) is 0. The zero-order valence-corrected chi connectivity index (χ0v) is 11.1. The van der Waals surface area contributed by atoms with E-state index in [0.29, 0.717) is 19.5 Å². The quantitative estimate of drug-likeness (QED) is 0.714. The van der Waals surface area contributed by atoms with Gasteiger partial charge in [-0.1, -0.05) is 29.8 Å². The molecule has 0 aliphatic heterocycles. The van der Waals surface area contributed by atoms with Crippen molar-refractivity contribution in [1.29, 1.82) is 0 Å². The zero-order valence-electron chi connectivity index (χ0n) is 9.47. The first-order valence-corrected chi connectivity index (χ1v) is 6.09. The number of nitrogens with one attached hydrogen (secondary N) is 2. The largest absolute Gasteiger partial charge is 0.356 e. The Morgan fingerprint density at radius 3 is 2.33 bits per heavy atom. The van der Waals surface area contributed by atoms with Gasteiger partial charge in [0.15, 0.2) is 0 Å². The topological polar surface area (TPSA) is 58.2 Å². The normalized spacial score (nSPS) is 12.3. The molecule has 1 atom stereocenters. The second-order valence-electron chi connectivity index (χ2n) is 3.64. The fourth-order valence-electron chi connectivity index (χ4n) is 0.985. The average molecular weight is 279 g/mol. The molecule has 0 radical (unpaired) electrons. The number of hydrogen-bond acceptors (Lipinski definition) is 2. The molecule has 0 spiro atoms. The summed E-state index contributed by atoms with van der Waals surface area (Å²) in [6.45, 7) is 6.80. The minimum Gasteiger partial charge on any atom is -0.356 e. The molecule has 1 unspecified atom stereocenters. The van der Waals surface area contributed by atoms with Gasteiger partial charge in [-0.05, 0) is 12.8 Å². The highest BCUT2D eigenvalue weighted by Gasteiger charge is 2.17. The number of amides is 2. The van der Waals surface area contributed by atoms with Crippen molar-refractivity contribution in [2.75, 3.05) is 13.1 Å². The van der Waals surface area contributed by atoms with E-state index >= 15 is 0 Å². The monoisotopic (exact) mass is 278 g/mol. The van der Waals surface area contributed by atoms with Crippen LogP contribution in [0.15, 0.2) is 0 Å². The van der Waals surface area contributed by atoms with Gasteiger partial charge in [-0.2, -0.15) is 0 Å². The van der Waals surface area contributed by atoms with Crippen LogP contribution in [0.5, 0.6) is 0 Å². The first kappa shape index (κ1) is 14.4. The van der Waals surface area contributed by atoms with Crippen molar-refractivity contribution in [3.8, 4) is 0 Å². The molecule has 5 heteroatoms. The van der Waals surface area contributed by atoms with Crippen LogP contribution in [0.2, 0.25) is 0 Å². The summed E-state index contributed by atoms with van der Waals surface area (Å²) in [5, 5.41) is 5.38. The maximum Gasteiger partial charge on any atom is 0.234 e. The van der Waals surface area contributed by atoms with Crippen LogP contribution in [0.25, 0.3) is 0 Å². The van der Waals surface area contributed by atoms with Crippen LogP contribution in [0.3, 0.4) is 0 Å². The highest BCUT2D eigenvalue weighted by atomic mass is 79.9. The second-order valence-corrected chi connectivity index (χ2v) is 4.63. The molecule has 88 valence electrons. The van der Waals surface area contributed by atoms with Gasteiger partial charge in [0.2, 0.25) is 11.8 Å². The highest BCUT2D eigenvalue weighted by molar-refractivity contribution is 9.10. The van der Waals surface area contributed by atoms with Crippen molar-refractivity contribution in [1.82, 2.24) is 10.6 Å². The van der Waals surface area contributed by atoms with Crippen molar-refractivity contribution in [3.05, 3.63) is 0 Å². The van der Waals surface area contributed by atoms with E-state index in [1.165, 1.54) is 0 Å². The summed E-state index contributed by atoms with van der Waals surface area (Å²) in [4.78, 5) is 22.3. The van der Waals surface area contributed by atoms with Gasteiger partial charge in [-0.25, -0.2) is 0 Å². The minimum absolute atomic E-state index is 0.0338. The second kappa shape index (κ2) is 7.68. The summed E-state index contributed by atoms with van der Waals surface area (Å²) >= 11 is 3.29. The van der Waals surface area contributed by atoms with Crippen molar-refractivity contribution >= 4 is 27.7 Å². The van der Waals surface area contributed by atoms with Crippen LogP contribution >= 0.6 is 15.9 Å². The standard InChI is InChI=1S/C10H19BrN2O2/c1-4-12-8(14)5-6-13-10(15)9(11)7(2)3/h7,9H,4-6H2,1-3H3,(H,12,14)(H,13,15). The fraction of sp³-hybridized carbons (Fsp3) is 0.800. The lowest BCUT2D eigenvalue weighted by molar-refractivity contribution is -0.122. The van der Waals surface area contributed by atoms with E-state index in [9.17, 15) is 9.59 Å². The van der Waals surface area contributed by atoms with E-state index in [0.717, 1.165) is 0 Å². The van der Waals surface area contributed by atoms with Gasteiger partial charge in [-0.3, -0.25) is 9.59 Å². The van der Waals surface area contributed by atoms with Gasteiger partial charge < -0.3 is 10.6 Å². The number of rotatable bonds is 6. The molecule has 15 heavy (non-hydrogen) atoms. The Balaban J connectivity index is 3.68. The van der Waals surface area contributed by atoms with E-state index in [1.54, 1.807) is 0 Å². The van der Waals surface area contributed by atoms with Crippen LogP contribution in [-0.4, -0.2) is 29.7 Å². The number of halogens is 1. The Morgan fingerprint density at radius 2 is 1.87 bits per heavy atom. The molecule has 0 saturated carbocycles. The van der Waals surface area contributed by atoms with E-state index in [1.807, 2.05) is 20.8 Å². The van der Waals surface area contributed by atoms with Gasteiger partial charge in [-0.15, -0.1) is 0 Å². The maximum atomic E-state index is 11.4. The van der Waals surface area contributed by atoms with E-state index in [-0.39, 0.29) is 22.6 Å². The Kier molecular flexibility index (Phi) is 7.38.